The molecule has 4 nitrogen and oxygen atoms in total. The Bertz CT molecular complexity index is 272. The lowest BCUT2D eigenvalue weighted by Gasteiger charge is -2.12. The van der Waals surface area contributed by atoms with E-state index < -0.39 is 6.10 Å². The van der Waals surface area contributed by atoms with Crippen LogP contribution in [-0.4, -0.2) is 42.7 Å². The lowest BCUT2D eigenvalue weighted by atomic mass is 10.2. The normalized spacial score (nSPS) is 11.0. The number of hydrogen-bond acceptors (Lipinski definition) is 4. The second-order valence-electron chi connectivity index (χ2n) is 3.75. The van der Waals surface area contributed by atoms with Gasteiger partial charge in [0.2, 0.25) is 0 Å². The van der Waals surface area contributed by atoms with Crippen molar-refractivity contribution in [3.8, 4) is 0 Å². The minimum Gasteiger partial charge on any atom is -0.394 e. The van der Waals surface area contributed by atoms with Crippen molar-refractivity contribution in [1.82, 2.24) is 0 Å². The molecule has 17 heavy (non-hydrogen) atoms. The molecule has 2 N–H and O–H groups in total. The molecule has 0 atom stereocenters. The van der Waals surface area contributed by atoms with Crippen molar-refractivity contribution < 1.29 is 19.7 Å². The molecule has 0 spiro atoms. The molecule has 0 aromatic heterocycles. The first kappa shape index (κ1) is 14.1. The van der Waals surface area contributed by atoms with Crippen molar-refractivity contribution >= 4 is 0 Å². The van der Waals surface area contributed by atoms with E-state index in [4.69, 9.17) is 19.7 Å². The molecule has 0 radical (unpaired) electrons. The lowest BCUT2D eigenvalue weighted by molar-refractivity contribution is -0.0275. The van der Waals surface area contributed by atoms with Crippen LogP contribution in [0.4, 0.5) is 0 Å². The van der Waals surface area contributed by atoms with E-state index >= 15 is 0 Å². The third-order valence-corrected chi connectivity index (χ3v) is 2.31. The Morgan fingerprint density at radius 2 is 1.71 bits per heavy atom. The molecule has 0 aliphatic rings. The van der Waals surface area contributed by atoms with Crippen LogP contribution in [0.15, 0.2) is 30.3 Å². The predicted molar refractivity (Wildman–Crippen MR) is 64.6 cm³/mol. The van der Waals surface area contributed by atoms with Gasteiger partial charge in [-0.3, -0.25) is 0 Å². The van der Waals surface area contributed by atoms with Crippen LogP contribution >= 0.6 is 0 Å². The van der Waals surface area contributed by atoms with Crippen LogP contribution in [0.25, 0.3) is 0 Å². The maximum Gasteiger partial charge on any atom is 0.104 e. The highest BCUT2D eigenvalue weighted by molar-refractivity contribution is 5.13. The Balaban J connectivity index is 1.98. The maximum atomic E-state index is 8.76. The number of aliphatic hydroxyl groups excluding tert-OH is 2. The fourth-order valence-corrected chi connectivity index (χ4v) is 1.34. The van der Waals surface area contributed by atoms with Gasteiger partial charge in [0.25, 0.3) is 0 Å². The zero-order valence-corrected chi connectivity index (χ0v) is 9.92. The first-order valence-electron chi connectivity index (χ1n) is 5.81. The highest BCUT2D eigenvalue weighted by Crippen LogP contribution is 2.01. The molecule has 0 saturated heterocycles. The number of aliphatic hydroxyl groups is 2. The number of ether oxygens (including phenoxy) is 2. The zero-order chi connectivity index (χ0) is 12.3. The molecule has 0 heterocycles. The van der Waals surface area contributed by atoms with Crippen molar-refractivity contribution in [1.29, 1.82) is 0 Å². The van der Waals surface area contributed by atoms with Crippen LogP contribution in [0.2, 0.25) is 0 Å². The Hall–Kier alpha value is -0.940. The summed E-state index contributed by atoms with van der Waals surface area (Å²) >= 11 is 0. The van der Waals surface area contributed by atoms with E-state index in [0.29, 0.717) is 19.8 Å². The molecule has 0 fully saturated rings. The van der Waals surface area contributed by atoms with Crippen molar-refractivity contribution in [2.24, 2.45) is 0 Å². The van der Waals surface area contributed by atoms with Gasteiger partial charge in [-0.25, -0.2) is 0 Å². The summed E-state index contributed by atoms with van der Waals surface area (Å²) in [5.74, 6) is 0. The topological polar surface area (TPSA) is 58.9 Å². The van der Waals surface area contributed by atoms with Gasteiger partial charge in [0.05, 0.1) is 19.8 Å². The van der Waals surface area contributed by atoms with Gasteiger partial charge in [-0.1, -0.05) is 30.3 Å². The van der Waals surface area contributed by atoms with Gasteiger partial charge in [-0.2, -0.15) is 0 Å². The average Bonchev–Trinajstić information content (AvgIpc) is 2.39. The van der Waals surface area contributed by atoms with E-state index in [0.717, 1.165) is 12.0 Å². The van der Waals surface area contributed by atoms with Gasteiger partial charge in [-0.15, -0.1) is 0 Å². The minimum absolute atomic E-state index is 0.151. The van der Waals surface area contributed by atoms with Crippen LogP contribution < -0.4 is 0 Å². The maximum absolute atomic E-state index is 8.76. The Morgan fingerprint density at radius 3 is 2.35 bits per heavy atom. The van der Waals surface area contributed by atoms with E-state index in [1.165, 1.54) is 0 Å². The SMILES string of the molecule is OCC(CO)OCCCOCc1ccccc1. The standard InChI is InChI=1S/C13H20O4/c14-9-13(10-15)17-8-4-7-16-11-12-5-2-1-3-6-12/h1-3,5-6,13-15H,4,7-11H2. The van der Waals surface area contributed by atoms with Crippen LogP contribution in [-0.2, 0) is 16.1 Å². The Morgan fingerprint density at radius 1 is 1.00 bits per heavy atom. The van der Waals surface area contributed by atoms with E-state index in [-0.39, 0.29) is 13.2 Å². The molecule has 1 aromatic rings. The summed E-state index contributed by atoms with van der Waals surface area (Å²) < 4.78 is 10.7. The van der Waals surface area contributed by atoms with Crippen molar-refractivity contribution in [2.45, 2.75) is 19.1 Å². The minimum atomic E-state index is -0.468. The van der Waals surface area contributed by atoms with Gasteiger partial charge >= 0.3 is 0 Å². The summed E-state index contributed by atoms with van der Waals surface area (Å²) in [7, 11) is 0. The van der Waals surface area contributed by atoms with E-state index in [1.54, 1.807) is 0 Å². The van der Waals surface area contributed by atoms with Gasteiger partial charge in [0.1, 0.15) is 6.10 Å². The first-order chi connectivity index (χ1) is 8.36. The quantitative estimate of drug-likeness (QED) is 0.631. The average molecular weight is 240 g/mol. The fraction of sp³-hybridized carbons (Fsp3) is 0.538. The molecular formula is C13H20O4. The second-order valence-corrected chi connectivity index (χ2v) is 3.75. The number of rotatable bonds is 9. The molecular weight excluding hydrogens is 220 g/mol. The smallest absolute Gasteiger partial charge is 0.104 e. The molecule has 0 bridgehead atoms. The molecule has 0 aliphatic carbocycles. The third kappa shape index (κ3) is 6.38. The first-order valence-corrected chi connectivity index (χ1v) is 5.81. The zero-order valence-electron chi connectivity index (χ0n) is 9.92. The van der Waals surface area contributed by atoms with Crippen LogP contribution in [0.3, 0.4) is 0 Å². The van der Waals surface area contributed by atoms with E-state index in [2.05, 4.69) is 0 Å². The highest BCUT2D eigenvalue weighted by atomic mass is 16.5. The summed E-state index contributed by atoms with van der Waals surface area (Å²) in [4.78, 5) is 0. The fourth-order valence-electron chi connectivity index (χ4n) is 1.34. The van der Waals surface area contributed by atoms with Crippen LogP contribution in [0.1, 0.15) is 12.0 Å². The van der Waals surface area contributed by atoms with Crippen molar-refractivity contribution in [2.75, 3.05) is 26.4 Å². The van der Waals surface area contributed by atoms with E-state index in [1.807, 2.05) is 30.3 Å². The number of hydrogen-bond donors (Lipinski definition) is 2. The largest absolute Gasteiger partial charge is 0.394 e. The van der Waals surface area contributed by atoms with Crippen molar-refractivity contribution in [3.05, 3.63) is 35.9 Å². The summed E-state index contributed by atoms with van der Waals surface area (Å²) in [6, 6.07) is 9.97. The van der Waals surface area contributed by atoms with Crippen LogP contribution in [0, 0.1) is 0 Å². The Labute approximate surface area is 102 Å². The highest BCUT2D eigenvalue weighted by Gasteiger charge is 2.04. The summed E-state index contributed by atoms with van der Waals surface area (Å²) in [5, 5.41) is 17.5. The van der Waals surface area contributed by atoms with Crippen LogP contribution in [0.5, 0.6) is 0 Å². The second kappa shape index (κ2) is 9.13. The summed E-state index contributed by atoms with van der Waals surface area (Å²) in [6.07, 6.45) is 0.285. The Kier molecular flexibility index (Phi) is 7.58. The molecule has 4 heteroatoms. The van der Waals surface area contributed by atoms with Crippen molar-refractivity contribution in [3.63, 3.8) is 0 Å². The van der Waals surface area contributed by atoms with Gasteiger partial charge in [0.15, 0.2) is 0 Å². The summed E-state index contributed by atoms with van der Waals surface area (Å²) in [6.45, 7) is 1.39. The predicted octanol–water partition coefficient (Wildman–Crippen LogP) is 0.963. The van der Waals surface area contributed by atoms with E-state index in [9.17, 15) is 0 Å². The monoisotopic (exact) mass is 240 g/mol. The molecule has 0 amide bonds. The number of benzene rings is 1. The molecule has 1 aromatic carbocycles. The van der Waals surface area contributed by atoms with Gasteiger partial charge in [-0.05, 0) is 12.0 Å². The molecule has 0 aliphatic heterocycles. The molecule has 0 saturated carbocycles. The molecule has 1 rings (SSSR count). The summed E-state index contributed by atoms with van der Waals surface area (Å²) in [5.41, 5.74) is 1.15. The lowest BCUT2D eigenvalue weighted by Crippen LogP contribution is -2.22. The van der Waals surface area contributed by atoms with Gasteiger partial charge < -0.3 is 19.7 Å². The molecule has 96 valence electrons. The third-order valence-electron chi connectivity index (χ3n) is 2.31. The van der Waals surface area contributed by atoms with Gasteiger partial charge in [0, 0.05) is 13.2 Å². The molecule has 0 unspecified atom stereocenters.